The number of nitrogens with zero attached hydrogens (tertiary/aromatic N) is 6. The van der Waals surface area contributed by atoms with Gasteiger partial charge in [-0.05, 0) is 50.5 Å². The Morgan fingerprint density at radius 1 is 1.06 bits per heavy atom. The van der Waals surface area contributed by atoms with Gasteiger partial charge in [0.2, 0.25) is 0 Å². The number of piperidine rings is 1. The Morgan fingerprint density at radius 3 is 2.62 bits per heavy atom. The van der Waals surface area contributed by atoms with Crippen molar-refractivity contribution in [2.75, 3.05) is 39.1 Å². The average Bonchev–Trinajstić information content (AvgIpc) is 3.16. The van der Waals surface area contributed by atoms with Crippen molar-refractivity contribution in [3.63, 3.8) is 0 Å². The minimum atomic E-state index is 0.398. The van der Waals surface area contributed by atoms with Crippen LogP contribution in [-0.2, 0) is 4.74 Å². The third-order valence-electron chi connectivity index (χ3n) is 6.49. The van der Waals surface area contributed by atoms with E-state index in [0.29, 0.717) is 11.9 Å². The van der Waals surface area contributed by atoms with Crippen molar-refractivity contribution in [3.05, 3.63) is 42.0 Å². The topological polar surface area (TPSA) is 95.0 Å². The molecule has 0 aliphatic carbocycles. The Balaban J connectivity index is 1.57. The fourth-order valence-electron chi connectivity index (χ4n) is 4.71. The maximum Gasteiger partial charge on any atom is 0.126 e. The first-order valence-electron chi connectivity index (χ1n) is 11.1. The third kappa shape index (κ3) is 3.69. The van der Waals surface area contributed by atoms with Crippen LogP contribution >= 0.6 is 0 Å². The van der Waals surface area contributed by atoms with Gasteiger partial charge in [-0.25, -0.2) is 15.0 Å². The zero-order chi connectivity index (χ0) is 22.2. The van der Waals surface area contributed by atoms with Crippen LogP contribution in [0.3, 0.4) is 0 Å². The molecule has 4 aromatic rings. The van der Waals surface area contributed by atoms with Crippen molar-refractivity contribution in [2.24, 2.45) is 0 Å². The van der Waals surface area contributed by atoms with Crippen LogP contribution < -0.4 is 5.73 Å². The highest BCUT2D eigenvalue weighted by atomic mass is 16.5. The number of rotatable bonds is 5. The molecule has 5 rings (SSSR count). The number of nitrogen functional groups attached to an aromatic ring is 1. The summed E-state index contributed by atoms with van der Waals surface area (Å²) in [7, 11) is 1.76. The van der Waals surface area contributed by atoms with Crippen LogP contribution in [0.5, 0.6) is 0 Å². The zero-order valence-electron chi connectivity index (χ0n) is 18.9. The van der Waals surface area contributed by atoms with Crippen LogP contribution in [0.1, 0.15) is 30.3 Å². The SMILES string of the molecule is COCCN1CCC(n2c(C)nc3cnc4ccc(-c5cnc(N)c(C)c5)nc4c32)CC1. The van der Waals surface area contributed by atoms with Crippen LogP contribution in [-0.4, -0.2) is 62.8 Å². The Hall–Kier alpha value is -3.10. The lowest BCUT2D eigenvalue weighted by atomic mass is 10.0. The number of pyridine rings is 3. The van der Waals surface area contributed by atoms with E-state index in [0.717, 1.165) is 83.8 Å². The van der Waals surface area contributed by atoms with Gasteiger partial charge in [0.05, 0.1) is 29.5 Å². The number of aromatic nitrogens is 5. The molecule has 0 amide bonds. The number of anilines is 1. The highest BCUT2D eigenvalue weighted by Crippen LogP contribution is 2.32. The number of hydrogen-bond acceptors (Lipinski definition) is 7. The number of ether oxygens (including phenoxy) is 1. The van der Waals surface area contributed by atoms with E-state index < -0.39 is 0 Å². The van der Waals surface area contributed by atoms with Crippen LogP contribution in [0.25, 0.3) is 33.3 Å². The Bertz CT molecular complexity index is 1270. The molecule has 1 aliphatic rings. The number of likely N-dealkylation sites (tertiary alicyclic amines) is 1. The first-order chi connectivity index (χ1) is 15.5. The van der Waals surface area contributed by atoms with E-state index in [1.165, 1.54) is 0 Å². The summed E-state index contributed by atoms with van der Waals surface area (Å²) in [4.78, 5) is 21.3. The molecule has 0 bridgehead atoms. The lowest BCUT2D eigenvalue weighted by Crippen LogP contribution is -2.36. The van der Waals surface area contributed by atoms with Gasteiger partial charge in [-0.3, -0.25) is 4.98 Å². The van der Waals surface area contributed by atoms with Gasteiger partial charge in [0.1, 0.15) is 22.7 Å². The molecular weight excluding hydrogens is 402 g/mol. The summed E-state index contributed by atoms with van der Waals surface area (Å²) in [6.07, 6.45) is 5.81. The van der Waals surface area contributed by atoms with E-state index in [4.69, 9.17) is 20.4 Å². The maximum atomic E-state index is 5.91. The molecule has 0 saturated carbocycles. The van der Waals surface area contributed by atoms with E-state index in [2.05, 4.69) is 26.4 Å². The molecule has 1 fully saturated rings. The number of imidazole rings is 1. The number of methoxy groups -OCH3 is 1. The van der Waals surface area contributed by atoms with E-state index in [1.807, 2.05) is 31.3 Å². The molecule has 0 atom stereocenters. The van der Waals surface area contributed by atoms with Gasteiger partial charge in [0, 0.05) is 44.5 Å². The molecule has 32 heavy (non-hydrogen) atoms. The first kappa shape index (κ1) is 20.8. The Kier molecular flexibility index (Phi) is 5.48. The van der Waals surface area contributed by atoms with Gasteiger partial charge in [0.25, 0.3) is 0 Å². The molecule has 166 valence electrons. The van der Waals surface area contributed by atoms with E-state index in [1.54, 1.807) is 13.3 Å². The van der Waals surface area contributed by atoms with Crippen molar-refractivity contribution in [2.45, 2.75) is 32.7 Å². The van der Waals surface area contributed by atoms with E-state index in [9.17, 15) is 0 Å². The molecule has 1 saturated heterocycles. The normalized spacial score (nSPS) is 15.7. The van der Waals surface area contributed by atoms with Crippen molar-refractivity contribution in [1.29, 1.82) is 0 Å². The highest BCUT2D eigenvalue weighted by Gasteiger charge is 2.25. The molecule has 0 unspecified atom stereocenters. The molecule has 4 aromatic heterocycles. The number of nitrogens with two attached hydrogens (primary N) is 1. The number of hydrogen-bond donors (Lipinski definition) is 1. The van der Waals surface area contributed by atoms with Crippen molar-refractivity contribution >= 4 is 27.9 Å². The monoisotopic (exact) mass is 431 g/mol. The van der Waals surface area contributed by atoms with Crippen molar-refractivity contribution in [3.8, 4) is 11.3 Å². The molecular formula is C24H29N7O. The summed E-state index contributed by atoms with van der Waals surface area (Å²) in [5.41, 5.74) is 12.4. The van der Waals surface area contributed by atoms with E-state index >= 15 is 0 Å². The van der Waals surface area contributed by atoms with Gasteiger partial charge < -0.3 is 19.9 Å². The quantitative estimate of drug-likeness (QED) is 0.516. The minimum Gasteiger partial charge on any atom is -0.383 e. The molecule has 5 heterocycles. The van der Waals surface area contributed by atoms with Crippen LogP contribution in [0, 0.1) is 13.8 Å². The summed E-state index contributed by atoms with van der Waals surface area (Å²) in [6, 6.07) is 6.45. The fraction of sp³-hybridized carbons (Fsp3) is 0.417. The fourth-order valence-corrected chi connectivity index (χ4v) is 4.71. The molecule has 8 nitrogen and oxygen atoms in total. The van der Waals surface area contributed by atoms with Crippen molar-refractivity contribution < 1.29 is 4.74 Å². The maximum absolute atomic E-state index is 5.91. The number of fused-ring (bicyclic) bond motifs is 3. The summed E-state index contributed by atoms with van der Waals surface area (Å²) >= 11 is 0. The van der Waals surface area contributed by atoms with Gasteiger partial charge in [-0.1, -0.05) is 0 Å². The van der Waals surface area contributed by atoms with Crippen LogP contribution in [0.2, 0.25) is 0 Å². The Labute approximate surface area is 187 Å². The molecule has 0 radical (unpaired) electrons. The second-order valence-corrected chi connectivity index (χ2v) is 8.58. The van der Waals surface area contributed by atoms with Gasteiger partial charge >= 0.3 is 0 Å². The summed E-state index contributed by atoms with van der Waals surface area (Å²) < 4.78 is 7.63. The van der Waals surface area contributed by atoms with Crippen molar-refractivity contribution in [1.82, 2.24) is 29.4 Å². The largest absolute Gasteiger partial charge is 0.383 e. The predicted molar refractivity (Wildman–Crippen MR) is 127 cm³/mol. The lowest BCUT2D eigenvalue weighted by molar-refractivity contribution is 0.122. The van der Waals surface area contributed by atoms with Crippen LogP contribution in [0.15, 0.2) is 30.6 Å². The Morgan fingerprint density at radius 2 is 1.88 bits per heavy atom. The van der Waals surface area contributed by atoms with Gasteiger partial charge in [-0.2, -0.15) is 0 Å². The minimum absolute atomic E-state index is 0.398. The summed E-state index contributed by atoms with van der Waals surface area (Å²) in [6.45, 7) is 7.93. The van der Waals surface area contributed by atoms with E-state index in [-0.39, 0.29) is 0 Å². The molecule has 2 N–H and O–H groups in total. The third-order valence-corrected chi connectivity index (χ3v) is 6.49. The predicted octanol–water partition coefficient (Wildman–Crippen LogP) is 3.52. The molecule has 0 aromatic carbocycles. The second-order valence-electron chi connectivity index (χ2n) is 8.58. The molecule has 1 aliphatic heterocycles. The number of aryl methyl sites for hydroxylation is 2. The van der Waals surface area contributed by atoms with Crippen LogP contribution in [0.4, 0.5) is 5.82 Å². The smallest absolute Gasteiger partial charge is 0.126 e. The standard InChI is InChI=1S/C24H29N7O/c1-15-12-17(13-27-24(15)25)19-4-5-20-22(29-19)23-21(14-26-20)28-16(2)31(23)18-6-8-30(9-7-18)10-11-32-3/h4-5,12-14,18H,6-11H2,1-3H3,(H2,25,27). The summed E-state index contributed by atoms with van der Waals surface area (Å²) in [5, 5.41) is 0. The van der Waals surface area contributed by atoms with Gasteiger partial charge in [-0.15, -0.1) is 0 Å². The second kappa shape index (κ2) is 8.44. The lowest BCUT2D eigenvalue weighted by Gasteiger charge is -2.33. The molecule has 0 spiro atoms. The van der Waals surface area contributed by atoms with Gasteiger partial charge in [0.15, 0.2) is 0 Å². The zero-order valence-corrected chi connectivity index (χ0v) is 18.9. The first-order valence-corrected chi connectivity index (χ1v) is 11.1. The average molecular weight is 432 g/mol. The highest BCUT2D eigenvalue weighted by molar-refractivity contribution is 6.00. The molecule has 8 heteroatoms. The summed E-state index contributed by atoms with van der Waals surface area (Å²) in [5.74, 6) is 1.56.